The van der Waals surface area contributed by atoms with E-state index in [1.54, 1.807) is 0 Å². The van der Waals surface area contributed by atoms with Gasteiger partial charge in [0.25, 0.3) is 0 Å². The van der Waals surface area contributed by atoms with Crippen LogP contribution in [0, 0.1) is 0 Å². The lowest BCUT2D eigenvalue weighted by Gasteiger charge is -2.22. The quantitative estimate of drug-likeness (QED) is 0.640. The third-order valence-electron chi connectivity index (χ3n) is 1.85. The van der Waals surface area contributed by atoms with Gasteiger partial charge in [-0.1, -0.05) is 6.92 Å². The van der Waals surface area contributed by atoms with Crippen molar-refractivity contribution in [1.82, 2.24) is 5.32 Å². The average Bonchev–Trinajstić information content (AvgIpc) is 2.06. The molecule has 1 aliphatic heterocycles. The summed E-state index contributed by atoms with van der Waals surface area (Å²) in [6, 6.07) is 0.260. The lowest BCUT2D eigenvalue weighted by Crippen LogP contribution is -2.40. The van der Waals surface area contributed by atoms with Gasteiger partial charge in [0.05, 0.1) is 12.6 Å². The van der Waals surface area contributed by atoms with Crippen molar-refractivity contribution in [2.45, 2.75) is 32.2 Å². The number of hydrogen-bond acceptors (Lipinski definition) is 2. The zero-order valence-electron chi connectivity index (χ0n) is 6.93. The molecule has 1 amide bonds. The zero-order chi connectivity index (χ0) is 8.10. The first-order valence-electron chi connectivity index (χ1n) is 4.20. The molecule has 1 heterocycles. The molecule has 3 nitrogen and oxygen atoms in total. The summed E-state index contributed by atoms with van der Waals surface area (Å²) in [7, 11) is 0. The number of rotatable bonds is 2. The first kappa shape index (κ1) is 8.53. The summed E-state index contributed by atoms with van der Waals surface area (Å²) < 4.78 is 5.21. The van der Waals surface area contributed by atoms with Gasteiger partial charge in [-0.25, -0.2) is 0 Å². The van der Waals surface area contributed by atoms with Gasteiger partial charge in [0.15, 0.2) is 0 Å². The van der Waals surface area contributed by atoms with Crippen molar-refractivity contribution in [3.05, 3.63) is 0 Å². The normalized spacial score (nSPS) is 24.6. The van der Waals surface area contributed by atoms with E-state index in [1.807, 2.05) is 6.92 Å². The van der Waals surface area contributed by atoms with Crippen LogP contribution in [0.3, 0.4) is 0 Å². The van der Waals surface area contributed by atoms with Crippen LogP contribution in [0.15, 0.2) is 0 Å². The van der Waals surface area contributed by atoms with Crippen LogP contribution in [0.25, 0.3) is 0 Å². The molecule has 0 aromatic heterocycles. The summed E-state index contributed by atoms with van der Waals surface area (Å²) in [5.74, 6) is 0.125. The maximum Gasteiger partial charge on any atom is 0.220 e. The highest BCUT2D eigenvalue weighted by atomic mass is 16.5. The van der Waals surface area contributed by atoms with Crippen LogP contribution in [-0.4, -0.2) is 25.2 Å². The molecule has 1 atom stereocenters. The zero-order valence-corrected chi connectivity index (χ0v) is 6.93. The third kappa shape index (κ3) is 2.89. The highest BCUT2D eigenvalue weighted by Crippen LogP contribution is 2.05. The van der Waals surface area contributed by atoms with Crippen molar-refractivity contribution < 1.29 is 9.53 Å². The number of amides is 1. The summed E-state index contributed by atoms with van der Waals surface area (Å²) in [6.45, 7) is 3.39. The second-order valence-corrected chi connectivity index (χ2v) is 2.84. The van der Waals surface area contributed by atoms with Crippen molar-refractivity contribution >= 4 is 5.91 Å². The Hall–Kier alpha value is -0.570. The van der Waals surface area contributed by atoms with E-state index in [9.17, 15) is 4.79 Å². The van der Waals surface area contributed by atoms with Gasteiger partial charge in [-0.05, 0) is 12.8 Å². The van der Waals surface area contributed by atoms with E-state index in [2.05, 4.69) is 5.32 Å². The Balaban J connectivity index is 2.19. The van der Waals surface area contributed by atoms with Gasteiger partial charge in [0, 0.05) is 13.0 Å². The van der Waals surface area contributed by atoms with Crippen LogP contribution in [-0.2, 0) is 9.53 Å². The third-order valence-corrected chi connectivity index (χ3v) is 1.85. The minimum absolute atomic E-state index is 0.125. The maximum atomic E-state index is 10.9. The molecule has 1 N–H and O–H groups in total. The largest absolute Gasteiger partial charge is 0.379 e. The summed E-state index contributed by atoms with van der Waals surface area (Å²) in [5.41, 5.74) is 0. The lowest BCUT2D eigenvalue weighted by molar-refractivity contribution is -0.122. The lowest BCUT2D eigenvalue weighted by atomic mass is 10.1. The molecular formula is C8H15NO2. The fourth-order valence-electron chi connectivity index (χ4n) is 1.18. The number of ether oxygens (including phenoxy) is 1. The molecule has 1 saturated heterocycles. The Bertz CT molecular complexity index is 130. The molecule has 0 saturated carbocycles. The molecule has 1 aliphatic rings. The van der Waals surface area contributed by atoms with E-state index in [0.717, 1.165) is 19.4 Å². The van der Waals surface area contributed by atoms with E-state index in [-0.39, 0.29) is 11.9 Å². The van der Waals surface area contributed by atoms with Crippen molar-refractivity contribution in [3.8, 4) is 0 Å². The Morgan fingerprint density at radius 1 is 1.73 bits per heavy atom. The summed E-state index contributed by atoms with van der Waals surface area (Å²) in [4.78, 5) is 10.9. The molecule has 0 spiro atoms. The van der Waals surface area contributed by atoms with Crippen LogP contribution < -0.4 is 5.32 Å². The molecular weight excluding hydrogens is 142 g/mol. The fraction of sp³-hybridized carbons (Fsp3) is 0.875. The minimum atomic E-state index is 0.125. The van der Waals surface area contributed by atoms with Gasteiger partial charge < -0.3 is 10.1 Å². The van der Waals surface area contributed by atoms with Crippen molar-refractivity contribution in [2.24, 2.45) is 0 Å². The predicted octanol–water partition coefficient (Wildman–Crippen LogP) is 0.692. The van der Waals surface area contributed by atoms with Crippen LogP contribution in [0.1, 0.15) is 26.2 Å². The highest BCUT2D eigenvalue weighted by Gasteiger charge is 2.14. The maximum absolute atomic E-state index is 10.9. The van der Waals surface area contributed by atoms with Crippen LogP contribution >= 0.6 is 0 Å². The molecule has 1 rings (SSSR count). The number of carbonyl (C=O) groups excluding carboxylic acids is 1. The molecule has 0 bridgehead atoms. The first-order chi connectivity index (χ1) is 5.33. The predicted molar refractivity (Wildman–Crippen MR) is 42.3 cm³/mol. The standard InChI is InChI=1S/C8H15NO2/c1-2-8(10)9-7-4-3-5-11-6-7/h7H,2-6H2,1H3,(H,9,10). The van der Waals surface area contributed by atoms with Crippen LogP contribution in [0.5, 0.6) is 0 Å². The fourth-order valence-corrected chi connectivity index (χ4v) is 1.18. The second-order valence-electron chi connectivity index (χ2n) is 2.84. The van der Waals surface area contributed by atoms with Crippen molar-refractivity contribution in [2.75, 3.05) is 13.2 Å². The first-order valence-corrected chi connectivity index (χ1v) is 4.20. The minimum Gasteiger partial charge on any atom is -0.379 e. The Morgan fingerprint density at radius 3 is 3.09 bits per heavy atom. The molecule has 64 valence electrons. The summed E-state index contributed by atoms with van der Waals surface area (Å²) >= 11 is 0. The van der Waals surface area contributed by atoms with Gasteiger partial charge in [0.1, 0.15) is 0 Å². The second kappa shape index (κ2) is 4.34. The monoisotopic (exact) mass is 157 g/mol. The van der Waals surface area contributed by atoms with Crippen LogP contribution in [0.4, 0.5) is 0 Å². The highest BCUT2D eigenvalue weighted by molar-refractivity contribution is 5.75. The summed E-state index contributed by atoms with van der Waals surface area (Å²) in [6.07, 6.45) is 2.69. The van der Waals surface area contributed by atoms with E-state index in [1.165, 1.54) is 0 Å². The summed E-state index contributed by atoms with van der Waals surface area (Å²) in [5, 5.41) is 2.90. The molecule has 1 unspecified atom stereocenters. The van der Waals surface area contributed by atoms with Crippen LogP contribution in [0.2, 0.25) is 0 Å². The molecule has 11 heavy (non-hydrogen) atoms. The van der Waals surface area contributed by atoms with E-state index in [4.69, 9.17) is 4.74 Å². The smallest absolute Gasteiger partial charge is 0.220 e. The van der Waals surface area contributed by atoms with Gasteiger partial charge in [-0.15, -0.1) is 0 Å². The molecule has 1 fully saturated rings. The number of carbonyl (C=O) groups is 1. The van der Waals surface area contributed by atoms with Gasteiger partial charge in [-0.3, -0.25) is 4.79 Å². The van der Waals surface area contributed by atoms with Gasteiger partial charge in [-0.2, -0.15) is 0 Å². The van der Waals surface area contributed by atoms with Crippen molar-refractivity contribution in [1.29, 1.82) is 0 Å². The van der Waals surface area contributed by atoms with Gasteiger partial charge >= 0.3 is 0 Å². The Kier molecular flexibility index (Phi) is 3.36. The van der Waals surface area contributed by atoms with E-state index >= 15 is 0 Å². The number of nitrogens with one attached hydrogen (secondary N) is 1. The topological polar surface area (TPSA) is 38.3 Å². The molecule has 3 heteroatoms. The molecule has 0 aliphatic carbocycles. The van der Waals surface area contributed by atoms with Gasteiger partial charge in [0.2, 0.25) is 5.91 Å². The van der Waals surface area contributed by atoms with Crippen molar-refractivity contribution in [3.63, 3.8) is 0 Å². The molecule has 0 radical (unpaired) electrons. The van der Waals surface area contributed by atoms with E-state index in [0.29, 0.717) is 13.0 Å². The average molecular weight is 157 g/mol. The van der Waals surface area contributed by atoms with E-state index < -0.39 is 0 Å². The Morgan fingerprint density at radius 2 is 2.55 bits per heavy atom. The Labute approximate surface area is 67.1 Å². The SMILES string of the molecule is CCC(=O)NC1CCCOC1. The number of hydrogen-bond donors (Lipinski definition) is 1. The molecule has 0 aromatic carbocycles. The molecule has 0 aromatic rings.